The molecule has 1 N–H and O–H groups in total. The highest BCUT2D eigenvalue weighted by atomic mass is 16.5. The van der Waals surface area contributed by atoms with Crippen LogP contribution in [-0.4, -0.2) is 24.3 Å². The van der Waals surface area contributed by atoms with Crippen LogP contribution in [0.2, 0.25) is 0 Å². The summed E-state index contributed by atoms with van der Waals surface area (Å²) in [6.45, 7) is 2.69. The fourth-order valence-corrected chi connectivity index (χ4v) is 0.761. The minimum Gasteiger partial charge on any atom is -0.465 e. The van der Waals surface area contributed by atoms with Gasteiger partial charge < -0.3 is 9.84 Å². The first-order valence-corrected chi connectivity index (χ1v) is 4.72. The van der Waals surface area contributed by atoms with Crippen LogP contribution < -0.4 is 0 Å². The molecule has 0 aromatic rings. The molecule has 0 heterocycles. The van der Waals surface area contributed by atoms with Gasteiger partial charge in [0.1, 0.15) is 0 Å². The van der Waals surface area contributed by atoms with Gasteiger partial charge in [-0.2, -0.15) is 0 Å². The van der Waals surface area contributed by atoms with Crippen molar-refractivity contribution in [3.8, 4) is 0 Å². The van der Waals surface area contributed by atoms with Crippen molar-refractivity contribution < 1.29 is 14.6 Å². The summed E-state index contributed by atoms with van der Waals surface area (Å²) in [5.74, 6) is -0.192. The van der Waals surface area contributed by atoms with Crippen molar-refractivity contribution in [1.82, 2.24) is 0 Å². The Hall–Kier alpha value is -0.830. The van der Waals surface area contributed by atoms with E-state index in [4.69, 9.17) is 9.84 Å². The van der Waals surface area contributed by atoms with Gasteiger partial charge in [-0.25, -0.2) is 0 Å². The Kier molecular flexibility index (Phi) is 8.67. The van der Waals surface area contributed by atoms with Crippen LogP contribution in [0.15, 0.2) is 12.2 Å². The molecule has 0 aromatic carbocycles. The topological polar surface area (TPSA) is 46.5 Å². The van der Waals surface area contributed by atoms with E-state index < -0.39 is 0 Å². The molecule has 0 atom stereocenters. The quantitative estimate of drug-likeness (QED) is 0.373. The Labute approximate surface area is 79.4 Å². The van der Waals surface area contributed by atoms with E-state index in [1.165, 1.54) is 0 Å². The van der Waals surface area contributed by atoms with Crippen LogP contribution in [-0.2, 0) is 9.53 Å². The Morgan fingerprint density at radius 3 is 2.85 bits per heavy atom. The van der Waals surface area contributed by atoms with Crippen molar-refractivity contribution in [2.75, 3.05) is 13.2 Å². The highest BCUT2D eigenvalue weighted by molar-refractivity contribution is 5.71. The molecule has 0 rings (SSSR count). The standard InChI is InChI=1S/C10H18O3/c1-2-3-9-13-10(12)7-5-4-6-8-11/h4-5,11H,2-3,6-9H2,1H3/b5-4-. The van der Waals surface area contributed by atoms with Gasteiger partial charge in [0.25, 0.3) is 0 Å². The molecular formula is C10H18O3. The van der Waals surface area contributed by atoms with Crippen LogP contribution in [0, 0.1) is 0 Å². The summed E-state index contributed by atoms with van der Waals surface area (Å²) in [5.41, 5.74) is 0. The van der Waals surface area contributed by atoms with E-state index in [2.05, 4.69) is 6.92 Å². The molecule has 0 bridgehead atoms. The normalized spacial score (nSPS) is 10.6. The Bertz CT molecular complexity index is 152. The zero-order valence-electron chi connectivity index (χ0n) is 8.16. The molecule has 0 saturated carbocycles. The molecule has 13 heavy (non-hydrogen) atoms. The number of esters is 1. The van der Waals surface area contributed by atoms with Gasteiger partial charge in [-0.05, 0) is 12.8 Å². The summed E-state index contributed by atoms with van der Waals surface area (Å²) < 4.78 is 4.91. The fraction of sp³-hybridized carbons (Fsp3) is 0.700. The second-order valence-corrected chi connectivity index (χ2v) is 2.76. The minimum absolute atomic E-state index is 0.126. The molecule has 0 spiro atoms. The third-order valence-electron chi connectivity index (χ3n) is 1.51. The first kappa shape index (κ1) is 12.2. The maximum Gasteiger partial charge on any atom is 0.309 e. The summed E-state index contributed by atoms with van der Waals surface area (Å²) in [7, 11) is 0. The van der Waals surface area contributed by atoms with Crippen LogP contribution >= 0.6 is 0 Å². The molecule has 0 amide bonds. The average molecular weight is 186 g/mol. The Morgan fingerprint density at radius 2 is 2.23 bits per heavy atom. The number of hydrogen-bond donors (Lipinski definition) is 1. The molecule has 0 aliphatic rings. The molecule has 0 unspecified atom stereocenters. The molecule has 0 saturated heterocycles. The number of ether oxygens (including phenoxy) is 1. The van der Waals surface area contributed by atoms with Crippen LogP contribution in [0.5, 0.6) is 0 Å². The van der Waals surface area contributed by atoms with Gasteiger partial charge in [-0.15, -0.1) is 0 Å². The van der Waals surface area contributed by atoms with E-state index in [1.807, 2.05) is 0 Å². The zero-order chi connectivity index (χ0) is 9.94. The number of carbonyl (C=O) groups is 1. The van der Waals surface area contributed by atoms with Crippen LogP contribution in [0.3, 0.4) is 0 Å². The largest absolute Gasteiger partial charge is 0.465 e. The number of carbonyl (C=O) groups excluding carboxylic acids is 1. The van der Waals surface area contributed by atoms with Crippen LogP contribution in [0.25, 0.3) is 0 Å². The predicted molar refractivity (Wildman–Crippen MR) is 51.3 cm³/mol. The van der Waals surface area contributed by atoms with Crippen molar-refractivity contribution in [2.24, 2.45) is 0 Å². The van der Waals surface area contributed by atoms with Crippen LogP contribution in [0.4, 0.5) is 0 Å². The fourth-order valence-electron chi connectivity index (χ4n) is 0.761. The average Bonchev–Trinajstić information content (AvgIpc) is 2.13. The van der Waals surface area contributed by atoms with Crippen molar-refractivity contribution in [3.05, 3.63) is 12.2 Å². The number of rotatable bonds is 7. The van der Waals surface area contributed by atoms with Crippen molar-refractivity contribution in [3.63, 3.8) is 0 Å². The highest BCUT2D eigenvalue weighted by Crippen LogP contribution is 1.93. The lowest BCUT2D eigenvalue weighted by Gasteiger charge is -2.00. The predicted octanol–water partition coefficient (Wildman–Crippen LogP) is 1.66. The van der Waals surface area contributed by atoms with Crippen LogP contribution in [0.1, 0.15) is 32.6 Å². The molecule has 0 aromatic heterocycles. The zero-order valence-corrected chi connectivity index (χ0v) is 8.16. The van der Waals surface area contributed by atoms with E-state index in [9.17, 15) is 4.79 Å². The molecule has 3 nitrogen and oxygen atoms in total. The lowest BCUT2D eigenvalue weighted by Crippen LogP contribution is -2.03. The number of hydrogen-bond acceptors (Lipinski definition) is 3. The molecule has 0 radical (unpaired) electrons. The van der Waals surface area contributed by atoms with Gasteiger partial charge in [0.05, 0.1) is 13.0 Å². The van der Waals surface area contributed by atoms with Crippen molar-refractivity contribution in [1.29, 1.82) is 0 Å². The van der Waals surface area contributed by atoms with E-state index in [-0.39, 0.29) is 12.6 Å². The minimum atomic E-state index is -0.192. The molecule has 0 aliphatic carbocycles. The van der Waals surface area contributed by atoms with Gasteiger partial charge in [0.2, 0.25) is 0 Å². The lowest BCUT2D eigenvalue weighted by atomic mass is 10.3. The van der Waals surface area contributed by atoms with E-state index >= 15 is 0 Å². The molecule has 3 heteroatoms. The first-order valence-electron chi connectivity index (χ1n) is 4.72. The maximum atomic E-state index is 10.9. The van der Waals surface area contributed by atoms with Gasteiger partial charge in [-0.1, -0.05) is 25.5 Å². The second-order valence-electron chi connectivity index (χ2n) is 2.76. The number of unbranched alkanes of at least 4 members (excludes halogenated alkanes) is 1. The summed E-state index contributed by atoms with van der Waals surface area (Å²) >= 11 is 0. The third-order valence-corrected chi connectivity index (χ3v) is 1.51. The van der Waals surface area contributed by atoms with Gasteiger partial charge >= 0.3 is 5.97 Å². The van der Waals surface area contributed by atoms with E-state index in [0.717, 1.165) is 12.8 Å². The van der Waals surface area contributed by atoms with Gasteiger partial charge in [-0.3, -0.25) is 4.79 Å². The van der Waals surface area contributed by atoms with Gasteiger partial charge in [0.15, 0.2) is 0 Å². The highest BCUT2D eigenvalue weighted by Gasteiger charge is 1.97. The SMILES string of the molecule is CCCCOC(=O)C/C=C\CCO. The first-order chi connectivity index (χ1) is 6.31. The Morgan fingerprint density at radius 1 is 1.46 bits per heavy atom. The second kappa shape index (κ2) is 9.26. The smallest absolute Gasteiger partial charge is 0.309 e. The maximum absolute atomic E-state index is 10.9. The molecule has 0 aliphatic heterocycles. The van der Waals surface area contributed by atoms with Gasteiger partial charge in [0, 0.05) is 6.61 Å². The monoisotopic (exact) mass is 186 g/mol. The van der Waals surface area contributed by atoms with Crippen molar-refractivity contribution >= 4 is 5.97 Å². The summed E-state index contributed by atoms with van der Waals surface area (Å²) in [5, 5.41) is 8.44. The summed E-state index contributed by atoms with van der Waals surface area (Å²) in [6.07, 6.45) is 6.37. The molecule has 76 valence electrons. The van der Waals surface area contributed by atoms with E-state index in [1.54, 1.807) is 12.2 Å². The van der Waals surface area contributed by atoms with Crippen molar-refractivity contribution in [2.45, 2.75) is 32.6 Å². The molecular weight excluding hydrogens is 168 g/mol. The summed E-state index contributed by atoms with van der Waals surface area (Å²) in [6, 6.07) is 0. The number of aliphatic hydroxyl groups excluding tert-OH is 1. The Balaban J connectivity index is 3.29. The number of aliphatic hydroxyl groups is 1. The lowest BCUT2D eigenvalue weighted by molar-refractivity contribution is -0.142. The third kappa shape index (κ3) is 9.08. The molecule has 0 fully saturated rings. The summed E-state index contributed by atoms with van der Waals surface area (Å²) in [4.78, 5) is 10.9. The van der Waals surface area contributed by atoms with E-state index in [0.29, 0.717) is 19.4 Å².